The highest BCUT2D eigenvalue weighted by molar-refractivity contribution is 6.31. The Labute approximate surface area is 159 Å². The molecule has 0 saturated carbocycles. The molecule has 1 aliphatic heterocycles. The number of carbonyl (C=O) groups excluding carboxylic acids is 1. The molecule has 2 aromatic carbocycles. The molecule has 2 heterocycles. The molecule has 1 aliphatic rings. The van der Waals surface area contributed by atoms with Gasteiger partial charge in [-0.1, -0.05) is 35.0 Å². The highest BCUT2D eigenvalue weighted by Crippen LogP contribution is 2.35. The first-order chi connectivity index (χ1) is 13.2. The number of carbonyl (C=O) groups is 1. The SMILES string of the molecule is O=C(NCc1ccccc1Cl)c1nc(COc2ccc3c(c2)OCO3)no1. The molecule has 4 rings (SSSR count). The van der Waals surface area contributed by atoms with Gasteiger partial charge in [0.2, 0.25) is 12.6 Å². The van der Waals surface area contributed by atoms with Crippen LogP contribution >= 0.6 is 11.6 Å². The van der Waals surface area contributed by atoms with E-state index in [0.29, 0.717) is 22.3 Å². The first kappa shape index (κ1) is 17.2. The maximum Gasteiger partial charge on any atom is 0.316 e. The Morgan fingerprint density at radius 3 is 2.93 bits per heavy atom. The third-order valence-electron chi connectivity index (χ3n) is 3.77. The van der Waals surface area contributed by atoms with Crippen LogP contribution in [0.2, 0.25) is 5.02 Å². The zero-order chi connectivity index (χ0) is 18.6. The van der Waals surface area contributed by atoms with Crippen LogP contribution in [0.25, 0.3) is 0 Å². The Kier molecular flexibility index (Phi) is 4.80. The van der Waals surface area contributed by atoms with Gasteiger partial charge in [-0.05, 0) is 23.8 Å². The van der Waals surface area contributed by atoms with Gasteiger partial charge in [-0.3, -0.25) is 4.79 Å². The second-order valence-corrected chi connectivity index (χ2v) is 6.00. The molecule has 1 amide bonds. The number of fused-ring (bicyclic) bond motifs is 1. The summed E-state index contributed by atoms with van der Waals surface area (Å²) in [5.74, 6) is 1.45. The Balaban J connectivity index is 1.33. The summed E-state index contributed by atoms with van der Waals surface area (Å²) in [7, 11) is 0. The molecule has 1 N–H and O–H groups in total. The van der Waals surface area contributed by atoms with Crippen LogP contribution < -0.4 is 19.5 Å². The molecule has 0 radical (unpaired) electrons. The number of rotatable bonds is 6. The van der Waals surface area contributed by atoms with Crippen molar-refractivity contribution in [2.75, 3.05) is 6.79 Å². The quantitative estimate of drug-likeness (QED) is 0.694. The lowest BCUT2D eigenvalue weighted by Crippen LogP contribution is -2.23. The molecule has 1 aromatic heterocycles. The number of hydrogen-bond donors (Lipinski definition) is 1. The number of amides is 1. The van der Waals surface area contributed by atoms with Crippen molar-refractivity contribution >= 4 is 17.5 Å². The first-order valence-corrected chi connectivity index (χ1v) is 8.43. The second kappa shape index (κ2) is 7.55. The van der Waals surface area contributed by atoms with Gasteiger partial charge >= 0.3 is 11.8 Å². The molecule has 0 fully saturated rings. The largest absolute Gasteiger partial charge is 0.485 e. The van der Waals surface area contributed by atoms with E-state index in [4.69, 9.17) is 30.3 Å². The molecular weight excluding hydrogens is 374 g/mol. The van der Waals surface area contributed by atoms with Crippen LogP contribution in [0.5, 0.6) is 17.2 Å². The fourth-order valence-corrected chi connectivity index (χ4v) is 2.61. The molecule has 138 valence electrons. The van der Waals surface area contributed by atoms with Crippen molar-refractivity contribution in [2.45, 2.75) is 13.2 Å². The molecule has 9 heteroatoms. The Morgan fingerprint density at radius 1 is 1.19 bits per heavy atom. The van der Waals surface area contributed by atoms with Gasteiger partial charge in [0, 0.05) is 17.6 Å². The van der Waals surface area contributed by atoms with Crippen LogP contribution in [-0.2, 0) is 13.2 Å². The molecule has 3 aromatic rings. The number of nitrogens with one attached hydrogen (secondary N) is 1. The Bertz CT molecular complexity index is 975. The van der Waals surface area contributed by atoms with E-state index in [9.17, 15) is 4.79 Å². The van der Waals surface area contributed by atoms with Crippen LogP contribution in [0.1, 0.15) is 22.1 Å². The summed E-state index contributed by atoms with van der Waals surface area (Å²) >= 11 is 6.06. The Hall–Kier alpha value is -3.26. The highest BCUT2D eigenvalue weighted by Gasteiger charge is 2.17. The van der Waals surface area contributed by atoms with Crippen molar-refractivity contribution in [3.63, 3.8) is 0 Å². The zero-order valence-corrected chi connectivity index (χ0v) is 14.7. The van der Waals surface area contributed by atoms with Crippen molar-refractivity contribution in [3.8, 4) is 17.2 Å². The van der Waals surface area contributed by atoms with Crippen molar-refractivity contribution < 1.29 is 23.5 Å². The van der Waals surface area contributed by atoms with Crippen molar-refractivity contribution in [3.05, 3.63) is 64.8 Å². The summed E-state index contributed by atoms with van der Waals surface area (Å²) in [5, 5.41) is 6.99. The van der Waals surface area contributed by atoms with E-state index in [1.165, 1.54) is 0 Å². The van der Waals surface area contributed by atoms with E-state index in [1.54, 1.807) is 24.3 Å². The molecule has 27 heavy (non-hydrogen) atoms. The number of nitrogens with zero attached hydrogens (tertiary/aromatic N) is 2. The summed E-state index contributed by atoms with van der Waals surface area (Å²) in [5.41, 5.74) is 0.790. The van der Waals surface area contributed by atoms with E-state index in [-0.39, 0.29) is 31.7 Å². The number of benzene rings is 2. The number of aromatic nitrogens is 2. The fraction of sp³-hybridized carbons (Fsp3) is 0.167. The normalized spacial score (nSPS) is 12.0. The molecule has 0 aliphatic carbocycles. The molecule has 8 nitrogen and oxygen atoms in total. The van der Waals surface area contributed by atoms with Gasteiger partial charge in [-0.15, -0.1) is 0 Å². The third kappa shape index (κ3) is 3.95. The smallest absolute Gasteiger partial charge is 0.316 e. The predicted octanol–water partition coefficient (Wildman–Crippen LogP) is 2.96. The van der Waals surface area contributed by atoms with Gasteiger partial charge in [0.25, 0.3) is 0 Å². The summed E-state index contributed by atoms with van der Waals surface area (Å²) < 4.78 is 21.1. The lowest BCUT2D eigenvalue weighted by molar-refractivity contribution is 0.0907. The average molecular weight is 388 g/mol. The summed E-state index contributed by atoms with van der Waals surface area (Å²) in [4.78, 5) is 16.2. The van der Waals surface area contributed by atoms with E-state index in [1.807, 2.05) is 18.2 Å². The van der Waals surface area contributed by atoms with Crippen molar-refractivity contribution in [1.82, 2.24) is 15.5 Å². The maximum absolute atomic E-state index is 12.1. The summed E-state index contributed by atoms with van der Waals surface area (Å²) in [6.07, 6.45) is 0. The number of hydrogen-bond acceptors (Lipinski definition) is 7. The third-order valence-corrected chi connectivity index (χ3v) is 4.14. The zero-order valence-electron chi connectivity index (χ0n) is 14.0. The van der Waals surface area contributed by atoms with Gasteiger partial charge in [0.1, 0.15) is 5.75 Å². The Morgan fingerprint density at radius 2 is 2.04 bits per heavy atom. The van der Waals surface area contributed by atoms with E-state index >= 15 is 0 Å². The van der Waals surface area contributed by atoms with Gasteiger partial charge in [0.15, 0.2) is 18.1 Å². The average Bonchev–Trinajstić information content (AvgIpc) is 3.34. The predicted molar refractivity (Wildman–Crippen MR) is 93.8 cm³/mol. The topological polar surface area (TPSA) is 95.7 Å². The van der Waals surface area contributed by atoms with Crippen LogP contribution in [-0.4, -0.2) is 22.8 Å². The van der Waals surface area contributed by atoms with E-state index in [2.05, 4.69) is 15.5 Å². The number of ether oxygens (including phenoxy) is 3. The van der Waals surface area contributed by atoms with Crippen LogP contribution in [0.15, 0.2) is 47.0 Å². The molecule has 0 unspecified atom stereocenters. The first-order valence-electron chi connectivity index (χ1n) is 8.06. The van der Waals surface area contributed by atoms with Crippen LogP contribution in [0.4, 0.5) is 0 Å². The summed E-state index contributed by atoms with van der Waals surface area (Å²) in [6.45, 7) is 0.487. The van der Waals surface area contributed by atoms with Crippen LogP contribution in [0, 0.1) is 0 Å². The number of halogens is 1. The molecule has 0 bridgehead atoms. The lowest BCUT2D eigenvalue weighted by atomic mass is 10.2. The highest BCUT2D eigenvalue weighted by atomic mass is 35.5. The van der Waals surface area contributed by atoms with Gasteiger partial charge < -0.3 is 24.1 Å². The van der Waals surface area contributed by atoms with Gasteiger partial charge in [0.05, 0.1) is 0 Å². The van der Waals surface area contributed by atoms with E-state index in [0.717, 1.165) is 5.56 Å². The minimum Gasteiger partial charge on any atom is -0.485 e. The van der Waals surface area contributed by atoms with Gasteiger partial charge in [-0.25, -0.2) is 0 Å². The van der Waals surface area contributed by atoms with Crippen LogP contribution in [0.3, 0.4) is 0 Å². The lowest BCUT2D eigenvalue weighted by Gasteiger charge is -2.04. The van der Waals surface area contributed by atoms with Crippen molar-refractivity contribution in [2.24, 2.45) is 0 Å². The molecule has 0 saturated heterocycles. The fourth-order valence-electron chi connectivity index (χ4n) is 2.41. The standard InChI is InChI=1S/C18H14ClN3O5/c19-13-4-2-1-3-11(13)8-20-17(23)18-21-16(22-27-18)9-24-12-5-6-14-15(7-12)26-10-25-14/h1-7H,8-10H2,(H,20,23). The molecular formula is C18H14ClN3O5. The van der Waals surface area contributed by atoms with Crippen molar-refractivity contribution in [1.29, 1.82) is 0 Å². The monoisotopic (exact) mass is 387 g/mol. The van der Waals surface area contributed by atoms with E-state index < -0.39 is 5.91 Å². The maximum atomic E-state index is 12.1. The second-order valence-electron chi connectivity index (χ2n) is 5.59. The molecule has 0 atom stereocenters. The minimum atomic E-state index is -0.489. The molecule has 0 spiro atoms. The van der Waals surface area contributed by atoms with Gasteiger partial charge in [-0.2, -0.15) is 4.98 Å². The summed E-state index contributed by atoms with van der Waals surface area (Å²) in [6, 6.07) is 12.4. The minimum absolute atomic E-state index is 0.0426.